The van der Waals surface area contributed by atoms with E-state index in [0.29, 0.717) is 28.2 Å². The van der Waals surface area contributed by atoms with E-state index in [2.05, 4.69) is 18.8 Å². The number of aromatic nitrogens is 1. The number of ketones is 2. The van der Waals surface area contributed by atoms with Gasteiger partial charge in [0.1, 0.15) is 0 Å². The van der Waals surface area contributed by atoms with Crippen LogP contribution in [0.2, 0.25) is 0 Å². The van der Waals surface area contributed by atoms with Crippen LogP contribution in [0.1, 0.15) is 78.6 Å². The molecular formula is C20H21NO3. The van der Waals surface area contributed by atoms with E-state index in [1.54, 1.807) is 12.1 Å². The summed E-state index contributed by atoms with van der Waals surface area (Å²) in [7, 11) is 0. The van der Waals surface area contributed by atoms with E-state index in [9.17, 15) is 9.59 Å². The molecular weight excluding hydrogens is 302 g/mol. The van der Waals surface area contributed by atoms with Gasteiger partial charge >= 0.3 is 0 Å². The van der Waals surface area contributed by atoms with E-state index in [-0.39, 0.29) is 11.6 Å². The first-order valence-electron chi connectivity index (χ1n) is 8.65. The van der Waals surface area contributed by atoms with Gasteiger partial charge in [0.05, 0.1) is 0 Å². The highest BCUT2D eigenvalue weighted by Crippen LogP contribution is 2.42. The van der Waals surface area contributed by atoms with Crippen LogP contribution in [0.5, 0.6) is 0 Å². The third kappa shape index (κ3) is 2.41. The van der Waals surface area contributed by atoms with Gasteiger partial charge in [-0.1, -0.05) is 44.5 Å². The van der Waals surface area contributed by atoms with Crippen LogP contribution < -0.4 is 0 Å². The Hall–Kier alpha value is -2.23. The summed E-state index contributed by atoms with van der Waals surface area (Å²) in [5, 5.41) is 0. The molecule has 0 spiro atoms. The predicted octanol–water partition coefficient (Wildman–Crippen LogP) is 4.79. The van der Waals surface area contributed by atoms with Gasteiger partial charge in [-0.15, -0.1) is 0 Å². The van der Waals surface area contributed by atoms with Gasteiger partial charge < -0.3 is 4.42 Å². The second-order valence-electron chi connectivity index (χ2n) is 7.73. The molecule has 0 N–H and O–H groups in total. The fourth-order valence-electron chi connectivity index (χ4n) is 3.86. The predicted molar refractivity (Wildman–Crippen MR) is 90.2 cm³/mol. The SMILES string of the molecule is CC1(C)CCCC(c2nc3c(o2)-c2ccccc2C(=O)C3=O)CC1. The summed E-state index contributed by atoms with van der Waals surface area (Å²) >= 11 is 0. The molecule has 0 amide bonds. The first kappa shape index (κ1) is 15.3. The van der Waals surface area contributed by atoms with Crippen molar-refractivity contribution in [3.05, 3.63) is 41.4 Å². The minimum Gasteiger partial charge on any atom is -0.440 e. The fourth-order valence-corrected chi connectivity index (χ4v) is 3.86. The Bertz CT molecular complexity index is 831. The van der Waals surface area contributed by atoms with Crippen molar-refractivity contribution in [1.29, 1.82) is 0 Å². The maximum atomic E-state index is 12.4. The molecule has 0 bridgehead atoms. The molecule has 0 aliphatic heterocycles. The van der Waals surface area contributed by atoms with Gasteiger partial charge in [0.15, 0.2) is 17.3 Å². The zero-order chi connectivity index (χ0) is 16.9. The zero-order valence-electron chi connectivity index (χ0n) is 14.1. The maximum Gasteiger partial charge on any atom is 0.255 e. The number of benzene rings is 1. The summed E-state index contributed by atoms with van der Waals surface area (Å²) in [5.74, 6) is 0.282. The van der Waals surface area contributed by atoms with Crippen molar-refractivity contribution >= 4 is 11.6 Å². The first-order chi connectivity index (χ1) is 11.5. The largest absolute Gasteiger partial charge is 0.440 e. The van der Waals surface area contributed by atoms with Crippen LogP contribution in [-0.2, 0) is 0 Å². The Morgan fingerprint density at radius 2 is 1.79 bits per heavy atom. The Labute approximate surface area is 141 Å². The Morgan fingerprint density at radius 3 is 2.58 bits per heavy atom. The second kappa shape index (κ2) is 5.40. The molecule has 24 heavy (non-hydrogen) atoms. The topological polar surface area (TPSA) is 60.2 Å². The Kier molecular flexibility index (Phi) is 3.44. The number of rotatable bonds is 1. The zero-order valence-corrected chi connectivity index (χ0v) is 14.1. The van der Waals surface area contributed by atoms with Crippen LogP contribution in [0, 0.1) is 5.41 Å². The van der Waals surface area contributed by atoms with Gasteiger partial charge in [-0.2, -0.15) is 0 Å². The van der Waals surface area contributed by atoms with E-state index in [4.69, 9.17) is 4.42 Å². The number of hydrogen-bond donors (Lipinski definition) is 0. The lowest BCUT2D eigenvalue weighted by molar-refractivity contribution is 0.0812. The van der Waals surface area contributed by atoms with E-state index < -0.39 is 11.6 Å². The van der Waals surface area contributed by atoms with Gasteiger partial charge in [-0.25, -0.2) is 4.98 Å². The molecule has 4 rings (SSSR count). The second-order valence-corrected chi connectivity index (χ2v) is 7.73. The van der Waals surface area contributed by atoms with E-state index in [1.165, 1.54) is 6.42 Å². The van der Waals surface area contributed by atoms with Crippen LogP contribution in [-0.4, -0.2) is 16.6 Å². The summed E-state index contributed by atoms with van der Waals surface area (Å²) in [6, 6.07) is 7.11. The van der Waals surface area contributed by atoms with Crippen molar-refractivity contribution in [3.8, 4) is 11.3 Å². The number of oxazole rings is 1. The Morgan fingerprint density at radius 1 is 1.04 bits per heavy atom. The minimum atomic E-state index is -0.548. The fraction of sp³-hybridized carbons (Fsp3) is 0.450. The van der Waals surface area contributed by atoms with Crippen molar-refractivity contribution < 1.29 is 14.0 Å². The van der Waals surface area contributed by atoms with Gasteiger partial charge in [-0.05, 0) is 31.1 Å². The number of carbonyl (C=O) groups is 2. The molecule has 2 aliphatic carbocycles. The van der Waals surface area contributed by atoms with Crippen LogP contribution in [0.15, 0.2) is 28.7 Å². The van der Waals surface area contributed by atoms with Crippen molar-refractivity contribution in [2.24, 2.45) is 5.41 Å². The van der Waals surface area contributed by atoms with Crippen molar-refractivity contribution in [2.45, 2.75) is 51.9 Å². The lowest BCUT2D eigenvalue weighted by Crippen LogP contribution is -2.20. The maximum absolute atomic E-state index is 12.4. The quantitative estimate of drug-likeness (QED) is 0.559. The highest BCUT2D eigenvalue weighted by molar-refractivity contribution is 6.52. The van der Waals surface area contributed by atoms with E-state index >= 15 is 0 Å². The average molecular weight is 323 g/mol. The third-order valence-corrected chi connectivity index (χ3v) is 5.41. The summed E-state index contributed by atoms with van der Waals surface area (Å²) in [6.45, 7) is 4.60. The van der Waals surface area contributed by atoms with Crippen LogP contribution >= 0.6 is 0 Å². The Balaban J connectivity index is 1.74. The molecule has 2 aromatic rings. The van der Waals surface area contributed by atoms with Crippen LogP contribution in [0.25, 0.3) is 11.3 Å². The lowest BCUT2D eigenvalue weighted by atomic mass is 9.85. The number of Topliss-reactive ketones (excluding diaryl/α,β-unsaturated/α-hetero) is 2. The standard InChI is InChI=1S/C20H21NO3/c1-20(2)10-5-6-12(9-11-20)19-21-15-17(23)16(22)13-7-3-4-8-14(13)18(15)24-19/h3-4,7-8,12H,5-6,9-11H2,1-2H3. The molecule has 4 nitrogen and oxygen atoms in total. The molecule has 1 unspecified atom stereocenters. The number of fused-ring (bicyclic) bond motifs is 3. The molecule has 4 heteroatoms. The normalized spacial score (nSPS) is 22.7. The smallest absolute Gasteiger partial charge is 0.255 e. The third-order valence-electron chi connectivity index (χ3n) is 5.41. The molecule has 1 heterocycles. The first-order valence-corrected chi connectivity index (χ1v) is 8.65. The monoisotopic (exact) mass is 323 g/mol. The molecule has 0 radical (unpaired) electrons. The number of nitrogens with zero attached hydrogens (tertiary/aromatic N) is 1. The van der Waals surface area contributed by atoms with Crippen molar-refractivity contribution in [1.82, 2.24) is 4.98 Å². The van der Waals surface area contributed by atoms with Gasteiger partial charge in [0, 0.05) is 17.0 Å². The molecule has 1 aromatic carbocycles. The van der Waals surface area contributed by atoms with Gasteiger partial charge in [-0.3, -0.25) is 9.59 Å². The summed E-state index contributed by atoms with van der Waals surface area (Å²) < 4.78 is 6.03. The van der Waals surface area contributed by atoms with Crippen LogP contribution in [0.4, 0.5) is 0 Å². The minimum absolute atomic E-state index is 0.192. The van der Waals surface area contributed by atoms with Crippen molar-refractivity contribution in [3.63, 3.8) is 0 Å². The molecule has 1 fully saturated rings. The van der Waals surface area contributed by atoms with Gasteiger partial charge in [0.2, 0.25) is 5.78 Å². The highest BCUT2D eigenvalue weighted by atomic mass is 16.4. The van der Waals surface area contributed by atoms with E-state index in [1.807, 2.05) is 12.1 Å². The molecule has 1 atom stereocenters. The number of hydrogen-bond acceptors (Lipinski definition) is 4. The molecule has 124 valence electrons. The molecule has 0 saturated heterocycles. The summed E-state index contributed by atoms with van der Waals surface area (Å²) in [5.41, 5.74) is 1.64. The summed E-state index contributed by atoms with van der Waals surface area (Å²) in [4.78, 5) is 29.1. The van der Waals surface area contributed by atoms with Crippen LogP contribution in [0.3, 0.4) is 0 Å². The highest BCUT2D eigenvalue weighted by Gasteiger charge is 2.37. The number of carbonyl (C=O) groups excluding carboxylic acids is 2. The molecule has 1 aromatic heterocycles. The average Bonchev–Trinajstić information content (AvgIpc) is 2.93. The van der Waals surface area contributed by atoms with Crippen molar-refractivity contribution in [2.75, 3.05) is 0 Å². The summed E-state index contributed by atoms with van der Waals surface area (Å²) in [6.07, 6.45) is 5.48. The lowest BCUT2D eigenvalue weighted by Gasteiger charge is -2.21. The molecule has 2 aliphatic rings. The molecule has 1 saturated carbocycles. The van der Waals surface area contributed by atoms with E-state index in [0.717, 1.165) is 25.7 Å². The van der Waals surface area contributed by atoms with Gasteiger partial charge in [0.25, 0.3) is 5.78 Å².